The van der Waals surface area contributed by atoms with Gasteiger partial charge in [0, 0.05) is 17.9 Å². The predicted molar refractivity (Wildman–Crippen MR) is 107 cm³/mol. The van der Waals surface area contributed by atoms with Crippen molar-refractivity contribution >= 4 is 23.6 Å². The minimum absolute atomic E-state index is 0.553. The first-order valence-electron chi connectivity index (χ1n) is 7.98. The van der Waals surface area contributed by atoms with Gasteiger partial charge in [-0.3, -0.25) is 4.79 Å². The number of nitrogens with zero attached hydrogens (tertiary/aromatic N) is 1. The highest BCUT2D eigenvalue weighted by molar-refractivity contribution is 7.98. The van der Waals surface area contributed by atoms with Crippen molar-refractivity contribution in [1.82, 2.24) is 4.90 Å². The number of allylic oxidation sites excluding steroid dienone is 4. The van der Waals surface area contributed by atoms with E-state index in [1.807, 2.05) is 51.3 Å². The molecule has 0 N–H and O–H groups in total. The molecule has 0 aromatic heterocycles. The molecule has 1 rings (SSSR count). The lowest BCUT2D eigenvalue weighted by molar-refractivity contribution is -0.104. The van der Waals surface area contributed by atoms with Gasteiger partial charge in [0.2, 0.25) is 0 Å². The summed E-state index contributed by atoms with van der Waals surface area (Å²) in [6, 6.07) is 5.80. The van der Waals surface area contributed by atoms with Gasteiger partial charge in [0.05, 0.1) is 7.11 Å². The van der Waals surface area contributed by atoms with Gasteiger partial charge < -0.3 is 14.4 Å². The van der Waals surface area contributed by atoms with Crippen molar-refractivity contribution in [3.8, 4) is 11.5 Å². The summed E-state index contributed by atoms with van der Waals surface area (Å²) in [7, 11) is 1.63. The van der Waals surface area contributed by atoms with E-state index in [0.717, 1.165) is 28.8 Å². The third-order valence-electron chi connectivity index (χ3n) is 3.83. The van der Waals surface area contributed by atoms with E-state index < -0.39 is 0 Å². The van der Waals surface area contributed by atoms with E-state index in [1.54, 1.807) is 24.9 Å². The summed E-state index contributed by atoms with van der Waals surface area (Å²) in [4.78, 5) is 12.9. The molecule has 0 spiro atoms. The van der Waals surface area contributed by atoms with Crippen molar-refractivity contribution < 1.29 is 14.3 Å². The average Bonchev–Trinajstić information content (AvgIpc) is 2.63. The van der Waals surface area contributed by atoms with Crippen LogP contribution in [0.25, 0.3) is 5.57 Å². The summed E-state index contributed by atoms with van der Waals surface area (Å²) >= 11 is 1.60. The van der Waals surface area contributed by atoms with Gasteiger partial charge in [-0.2, -0.15) is 0 Å². The Balaban J connectivity index is 3.08. The summed E-state index contributed by atoms with van der Waals surface area (Å²) in [5.74, 6) is 1.95. The fourth-order valence-electron chi connectivity index (χ4n) is 2.29. The molecule has 0 heterocycles. The Kier molecular flexibility index (Phi) is 8.92. The van der Waals surface area contributed by atoms with Gasteiger partial charge in [0.25, 0.3) is 0 Å². The molecule has 1 aromatic rings. The second-order valence-electron chi connectivity index (χ2n) is 5.48. The number of benzene rings is 1. The quantitative estimate of drug-likeness (QED) is 0.342. The maximum atomic E-state index is 10.8. The Labute approximate surface area is 155 Å². The van der Waals surface area contributed by atoms with E-state index in [0.29, 0.717) is 24.0 Å². The Morgan fingerprint density at radius 2 is 2.00 bits per heavy atom. The number of thioether (sulfide) groups is 1. The van der Waals surface area contributed by atoms with Gasteiger partial charge in [0.15, 0.2) is 11.5 Å². The zero-order chi connectivity index (χ0) is 18.8. The van der Waals surface area contributed by atoms with Crippen LogP contribution in [-0.4, -0.2) is 37.0 Å². The molecule has 1 aromatic carbocycles. The maximum Gasteiger partial charge on any atom is 0.163 e. The summed E-state index contributed by atoms with van der Waals surface area (Å²) in [6.45, 7) is 10.7. The smallest absolute Gasteiger partial charge is 0.163 e. The molecule has 0 radical (unpaired) electrons. The first-order chi connectivity index (χ1) is 12.0. The number of hydrogen-bond donors (Lipinski definition) is 0. The Morgan fingerprint density at radius 1 is 1.28 bits per heavy atom. The number of rotatable bonds is 10. The molecule has 0 saturated heterocycles. The van der Waals surface area contributed by atoms with E-state index >= 15 is 0 Å². The zero-order valence-corrected chi connectivity index (χ0v) is 16.5. The first-order valence-corrected chi connectivity index (χ1v) is 9.38. The third kappa shape index (κ3) is 6.02. The van der Waals surface area contributed by atoms with E-state index in [4.69, 9.17) is 9.47 Å². The van der Waals surface area contributed by atoms with Crippen LogP contribution >= 0.6 is 11.8 Å². The topological polar surface area (TPSA) is 38.8 Å². The molecule has 136 valence electrons. The van der Waals surface area contributed by atoms with Crippen molar-refractivity contribution in [1.29, 1.82) is 0 Å². The normalized spacial score (nSPS) is 11.9. The number of carbonyl (C=O) groups excluding carboxylic acids is 1. The van der Waals surface area contributed by atoms with E-state index in [1.165, 1.54) is 0 Å². The summed E-state index contributed by atoms with van der Waals surface area (Å²) in [5, 5.41) is 0. The number of carbonyl (C=O) groups is 1. The zero-order valence-electron chi connectivity index (χ0n) is 15.7. The van der Waals surface area contributed by atoms with Crippen LogP contribution < -0.4 is 9.47 Å². The lowest BCUT2D eigenvalue weighted by Gasteiger charge is -2.27. The summed E-state index contributed by atoms with van der Waals surface area (Å²) < 4.78 is 11.1. The highest BCUT2D eigenvalue weighted by Crippen LogP contribution is 2.31. The van der Waals surface area contributed by atoms with Crippen molar-refractivity contribution in [2.75, 3.05) is 25.8 Å². The van der Waals surface area contributed by atoms with Crippen molar-refractivity contribution in [3.05, 3.63) is 53.9 Å². The average molecular weight is 362 g/mol. The molecule has 25 heavy (non-hydrogen) atoms. The van der Waals surface area contributed by atoms with E-state index in [-0.39, 0.29) is 0 Å². The Morgan fingerprint density at radius 3 is 2.56 bits per heavy atom. The molecule has 0 aliphatic rings. The highest BCUT2D eigenvalue weighted by Gasteiger charge is 2.13. The molecular weight excluding hydrogens is 334 g/mol. The van der Waals surface area contributed by atoms with Gasteiger partial charge in [0.1, 0.15) is 12.2 Å². The van der Waals surface area contributed by atoms with Gasteiger partial charge in [-0.05, 0) is 56.4 Å². The number of ether oxygens (including phenoxy) is 2. The van der Waals surface area contributed by atoms with Crippen LogP contribution in [0.4, 0.5) is 0 Å². The van der Waals surface area contributed by atoms with Gasteiger partial charge in [-0.15, -0.1) is 11.8 Å². The lowest BCUT2D eigenvalue weighted by Crippen LogP contribution is -2.22. The predicted octanol–water partition coefficient (Wildman–Crippen LogP) is 4.74. The SMILES string of the molecule is C=C(CN(/C(C)=C\C)/C(C)=C\C=O)c1ccc(OC)c(OCSC)c1. The minimum atomic E-state index is 0.553. The molecular formula is C20H27NO3S. The van der Waals surface area contributed by atoms with Crippen molar-refractivity contribution in [3.63, 3.8) is 0 Å². The molecule has 0 fully saturated rings. The first kappa shape index (κ1) is 20.9. The van der Waals surface area contributed by atoms with Crippen LogP contribution in [0, 0.1) is 0 Å². The molecule has 0 aliphatic heterocycles. The van der Waals surface area contributed by atoms with Gasteiger partial charge in [-0.1, -0.05) is 18.7 Å². The highest BCUT2D eigenvalue weighted by atomic mass is 32.2. The van der Waals surface area contributed by atoms with Crippen LogP contribution in [0.2, 0.25) is 0 Å². The Bertz CT molecular complexity index is 665. The minimum Gasteiger partial charge on any atom is -0.493 e. The monoisotopic (exact) mass is 361 g/mol. The van der Waals surface area contributed by atoms with Crippen LogP contribution in [-0.2, 0) is 4.79 Å². The fourth-order valence-corrected chi connectivity index (χ4v) is 2.53. The second-order valence-corrected chi connectivity index (χ2v) is 6.29. The molecule has 0 unspecified atom stereocenters. The molecule has 0 aliphatic carbocycles. The standard InChI is InChI=1S/C20H27NO3S/c1-7-16(3)21(17(4)10-11-22)13-15(2)18-8-9-19(23-5)20(12-18)24-14-25-6/h7-12H,2,13-14H2,1,3-6H3/b16-7-,17-10-. The Hall–Kier alpha value is -2.14. The molecule has 0 bridgehead atoms. The lowest BCUT2D eigenvalue weighted by atomic mass is 10.1. The number of hydrogen-bond acceptors (Lipinski definition) is 5. The van der Waals surface area contributed by atoms with Gasteiger partial charge >= 0.3 is 0 Å². The molecule has 4 nitrogen and oxygen atoms in total. The number of aldehydes is 1. The molecule has 5 heteroatoms. The van der Waals surface area contributed by atoms with Crippen LogP contribution in [0.3, 0.4) is 0 Å². The molecule has 0 amide bonds. The largest absolute Gasteiger partial charge is 0.493 e. The third-order valence-corrected chi connectivity index (χ3v) is 4.19. The van der Waals surface area contributed by atoms with Crippen molar-refractivity contribution in [2.24, 2.45) is 0 Å². The maximum absolute atomic E-state index is 10.8. The van der Waals surface area contributed by atoms with Crippen molar-refractivity contribution in [2.45, 2.75) is 20.8 Å². The number of methoxy groups -OCH3 is 1. The van der Waals surface area contributed by atoms with Crippen LogP contribution in [0.15, 0.2) is 48.3 Å². The summed E-state index contributed by atoms with van der Waals surface area (Å²) in [6.07, 6.45) is 6.35. The van der Waals surface area contributed by atoms with E-state index in [9.17, 15) is 4.79 Å². The van der Waals surface area contributed by atoms with Crippen LogP contribution in [0.1, 0.15) is 26.3 Å². The second kappa shape index (κ2) is 10.7. The van der Waals surface area contributed by atoms with Crippen LogP contribution in [0.5, 0.6) is 11.5 Å². The fraction of sp³-hybridized carbons (Fsp3) is 0.350. The molecule has 0 saturated carbocycles. The van der Waals surface area contributed by atoms with E-state index in [2.05, 4.69) is 11.5 Å². The van der Waals surface area contributed by atoms with Gasteiger partial charge in [-0.25, -0.2) is 0 Å². The molecule has 0 atom stereocenters. The summed E-state index contributed by atoms with van der Waals surface area (Å²) in [5.41, 5.74) is 3.84.